The van der Waals surface area contributed by atoms with Gasteiger partial charge >= 0.3 is 88.7 Å². The predicted molar refractivity (Wildman–Crippen MR) is 55.3 cm³/mol. The fourth-order valence-corrected chi connectivity index (χ4v) is 3.11. The maximum Gasteiger partial charge on any atom is 1.00 e. The Kier molecular flexibility index (Phi) is 17.4. The first-order valence-electron chi connectivity index (χ1n) is 3.49. The second kappa shape index (κ2) is 12.3. The van der Waals surface area contributed by atoms with Gasteiger partial charge in [-0.1, -0.05) is 0 Å². The molecule has 0 radical (unpaired) electrons. The molecule has 3 unspecified atom stereocenters. The Morgan fingerprint density at radius 3 is 1.32 bits per heavy atom. The van der Waals surface area contributed by atoms with Gasteiger partial charge in [-0.05, 0) is 45.4 Å². The molecule has 1 aromatic rings. The SMILES string of the molecule is O=S([O-])c1cc(S(=O)[O-])c(S)c(S(=O)[O-])c1.[Na+].[Na+].[Na+]. The van der Waals surface area contributed by atoms with Crippen molar-refractivity contribution >= 4 is 45.9 Å². The first kappa shape index (κ1) is 26.8. The fraction of sp³-hybridized carbons (Fsp3) is 0. The molecule has 0 spiro atoms. The van der Waals surface area contributed by atoms with E-state index in [1.165, 1.54) is 0 Å². The van der Waals surface area contributed by atoms with Crippen molar-refractivity contribution in [1.29, 1.82) is 0 Å². The van der Waals surface area contributed by atoms with Crippen LogP contribution in [0, 0.1) is 0 Å². The summed E-state index contributed by atoms with van der Waals surface area (Å²) in [6, 6.07) is 1.65. The minimum atomic E-state index is -2.77. The Hall–Kier alpha value is 2.90. The molecule has 6 nitrogen and oxygen atoms in total. The summed E-state index contributed by atoms with van der Waals surface area (Å²) < 4.78 is 64.2. The van der Waals surface area contributed by atoms with E-state index in [2.05, 4.69) is 12.6 Å². The van der Waals surface area contributed by atoms with Gasteiger partial charge in [-0.15, -0.1) is 12.6 Å². The third-order valence-corrected chi connectivity index (χ3v) is 4.33. The minimum Gasteiger partial charge on any atom is -0.768 e. The Labute approximate surface area is 189 Å². The molecule has 1 aromatic carbocycles. The van der Waals surface area contributed by atoms with Crippen molar-refractivity contribution in [3.8, 4) is 0 Å². The molecule has 90 valence electrons. The number of thiol groups is 1. The molecule has 0 saturated carbocycles. The molecule has 3 atom stereocenters. The van der Waals surface area contributed by atoms with Crippen LogP contribution in [0.5, 0.6) is 0 Å². The van der Waals surface area contributed by atoms with E-state index in [1.54, 1.807) is 0 Å². The van der Waals surface area contributed by atoms with Crippen molar-refractivity contribution in [1.82, 2.24) is 0 Å². The van der Waals surface area contributed by atoms with E-state index in [0.717, 1.165) is 12.1 Å². The van der Waals surface area contributed by atoms with Gasteiger partial charge in [0.1, 0.15) is 0 Å². The van der Waals surface area contributed by atoms with E-state index in [9.17, 15) is 26.3 Å². The maximum absolute atomic E-state index is 10.7. The molecule has 0 saturated heterocycles. The third kappa shape index (κ3) is 7.82. The van der Waals surface area contributed by atoms with E-state index >= 15 is 0 Å². The zero-order chi connectivity index (χ0) is 12.5. The standard InChI is InChI=1S/C6H6O6S4.3Na/c7-14(8)3-1-4(15(9)10)6(13)5(2-3)16(11)12;;;/h1-2,13H,(H,7,8)(H,9,10)(H,11,12);;;/q;3*+1/p-3. The summed E-state index contributed by atoms with van der Waals surface area (Å²) in [4.78, 5) is -1.71. The number of rotatable bonds is 3. The predicted octanol–water partition coefficient (Wildman–Crippen LogP) is -9.30. The summed E-state index contributed by atoms with van der Waals surface area (Å²) in [5.74, 6) is 0. The average molecular weight is 368 g/mol. The van der Waals surface area contributed by atoms with Crippen LogP contribution in [0.4, 0.5) is 0 Å². The summed E-state index contributed by atoms with van der Waals surface area (Å²) >= 11 is -4.54. The summed E-state index contributed by atoms with van der Waals surface area (Å²) in [6.45, 7) is 0. The average Bonchev–Trinajstić information content (AvgIpc) is 2.16. The van der Waals surface area contributed by atoms with E-state index in [0.29, 0.717) is 0 Å². The van der Waals surface area contributed by atoms with Crippen molar-refractivity contribution in [3.05, 3.63) is 12.1 Å². The normalized spacial score (nSPS) is 14.1. The Morgan fingerprint density at radius 2 is 1.11 bits per heavy atom. The van der Waals surface area contributed by atoms with Crippen molar-refractivity contribution in [2.24, 2.45) is 0 Å². The first-order valence-corrected chi connectivity index (χ1v) is 7.16. The van der Waals surface area contributed by atoms with Crippen LogP contribution in [0.1, 0.15) is 0 Å². The molecule has 0 bridgehead atoms. The third-order valence-electron chi connectivity index (χ3n) is 1.57. The van der Waals surface area contributed by atoms with Gasteiger partial charge in [0.25, 0.3) is 0 Å². The zero-order valence-electron chi connectivity index (χ0n) is 10.3. The summed E-state index contributed by atoms with van der Waals surface area (Å²) in [5, 5.41) is 0. The van der Waals surface area contributed by atoms with Gasteiger partial charge in [0.05, 0.1) is 0 Å². The van der Waals surface area contributed by atoms with E-state index < -0.39 is 47.9 Å². The molecule has 13 heteroatoms. The van der Waals surface area contributed by atoms with Crippen molar-refractivity contribution in [3.63, 3.8) is 0 Å². The van der Waals surface area contributed by atoms with Gasteiger partial charge in [-0.2, -0.15) is 0 Å². The van der Waals surface area contributed by atoms with Crippen molar-refractivity contribution in [2.45, 2.75) is 19.6 Å². The van der Waals surface area contributed by atoms with Gasteiger partial charge in [-0.25, -0.2) is 0 Å². The number of hydrogen-bond donors (Lipinski definition) is 1. The molecule has 1 rings (SSSR count). The van der Waals surface area contributed by atoms with Crippen LogP contribution in [0.3, 0.4) is 0 Å². The molecular formula is C6H3Na3O6S4. The number of benzene rings is 1. The van der Waals surface area contributed by atoms with Crippen molar-refractivity contribution < 1.29 is 115 Å². The van der Waals surface area contributed by atoms with Crippen LogP contribution in [-0.2, 0) is 33.2 Å². The van der Waals surface area contributed by atoms with Crippen LogP contribution in [0.25, 0.3) is 0 Å². The van der Waals surface area contributed by atoms with Gasteiger partial charge in [-0.3, -0.25) is 12.6 Å². The van der Waals surface area contributed by atoms with E-state index in [1.807, 2.05) is 0 Å². The Balaban J connectivity index is -0.000000853. The van der Waals surface area contributed by atoms with Gasteiger partial charge < -0.3 is 13.7 Å². The van der Waals surface area contributed by atoms with Gasteiger partial charge in [0, 0.05) is 19.6 Å². The molecule has 0 fully saturated rings. The van der Waals surface area contributed by atoms with Crippen LogP contribution in [-0.4, -0.2) is 26.3 Å². The topological polar surface area (TPSA) is 120 Å². The number of hydrogen-bond acceptors (Lipinski definition) is 7. The van der Waals surface area contributed by atoms with Crippen LogP contribution < -0.4 is 88.7 Å². The van der Waals surface area contributed by atoms with Crippen molar-refractivity contribution in [2.75, 3.05) is 0 Å². The largest absolute Gasteiger partial charge is 1.00 e. The molecular weight excluding hydrogens is 365 g/mol. The van der Waals surface area contributed by atoms with E-state index in [-0.39, 0.29) is 93.6 Å². The van der Waals surface area contributed by atoms with Crippen LogP contribution in [0.15, 0.2) is 31.7 Å². The quantitative estimate of drug-likeness (QED) is 0.321. The smallest absolute Gasteiger partial charge is 0.768 e. The molecule has 0 aliphatic rings. The second-order valence-electron chi connectivity index (χ2n) is 2.47. The molecule has 19 heavy (non-hydrogen) atoms. The Morgan fingerprint density at radius 1 is 0.789 bits per heavy atom. The van der Waals surface area contributed by atoms with E-state index in [4.69, 9.17) is 0 Å². The summed E-state index contributed by atoms with van der Waals surface area (Å²) in [7, 11) is 0. The second-order valence-corrected chi connectivity index (χ2v) is 5.68. The summed E-state index contributed by atoms with van der Waals surface area (Å²) in [5.41, 5.74) is 0. The first-order chi connectivity index (χ1) is 7.34. The summed E-state index contributed by atoms with van der Waals surface area (Å²) in [6.07, 6.45) is 0. The van der Waals surface area contributed by atoms with Crippen LogP contribution >= 0.6 is 12.6 Å². The van der Waals surface area contributed by atoms with Gasteiger partial charge in [0.2, 0.25) is 0 Å². The van der Waals surface area contributed by atoms with Gasteiger partial charge in [0.15, 0.2) is 0 Å². The maximum atomic E-state index is 10.7. The van der Waals surface area contributed by atoms with Crippen LogP contribution in [0.2, 0.25) is 0 Å². The zero-order valence-corrected chi connectivity index (χ0v) is 19.6. The minimum absolute atomic E-state index is 0. The molecule has 0 aromatic heterocycles. The molecule has 0 aliphatic carbocycles. The monoisotopic (exact) mass is 368 g/mol. The fourth-order valence-electron chi connectivity index (χ4n) is 0.909. The molecule has 0 aliphatic heterocycles. The molecule has 0 heterocycles. The molecule has 0 N–H and O–H groups in total. The molecule has 0 amide bonds. The Bertz CT molecular complexity index is 475.